The first-order valence-corrected chi connectivity index (χ1v) is 8.21. The number of nitro groups is 1. The number of carbonyl (C=O) groups is 1. The Labute approximate surface area is 159 Å². The predicted molar refractivity (Wildman–Crippen MR) is 96.4 cm³/mol. The molecular weight excluding hydrogens is 446 g/mol. The zero-order chi connectivity index (χ0) is 17.9. The zero-order valence-electron chi connectivity index (χ0n) is 11.7. The first-order valence-electron chi connectivity index (χ1n) is 6.29. The molecule has 0 aromatic heterocycles. The van der Waals surface area contributed by atoms with E-state index < -0.39 is 10.8 Å². The minimum absolute atomic E-state index is 0.0221. The summed E-state index contributed by atoms with van der Waals surface area (Å²) in [7, 11) is 0. The Hall–Kier alpha value is -1.54. The third-order valence-electron chi connectivity index (χ3n) is 2.74. The number of rotatable bonds is 5. The van der Waals surface area contributed by atoms with Crippen molar-refractivity contribution in [2.45, 2.75) is 0 Å². The van der Waals surface area contributed by atoms with E-state index in [9.17, 15) is 14.9 Å². The molecule has 0 radical (unpaired) electrons. The second-order valence-electron chi connectivity index (χ2n) is 4.46. The van der Waals surface area contributed by atoms with Gasteiger partial charge in [-0.05, 0) is 40.2 Å². The van der Waals surface area contributed by atoms with Gasteiger partial charge in [-0.15, -0.1) is 0 Å². The SMILES string of the molecule is O=C(COc1c(Cl)cc(Cl)cc1Br)Nc1ccc(Cl)c([N+](=O)[O-])c1. The Kier molecular flexibility index (Phi) is 6.28. The Morgan fingerprint density at radius 2 is 1.92 bits per heavy atom. The number of halogens is 4. The number of benzene rings is 2. The first kappa shape index (κ1) is 18.8. The summed E-state index contributed by atoms with van der Waals surface area (Å²) in [5, 5.41) is 13.9. The van der Waals surface area contributed by atoms with Gasteiger partial charge in [0.1, 0.15) is 5.02 Å². The molecule has 126 valence electrons. The average Bonchev–Trinajstić information content (AvgIpc) is 2.47. The third kappa shape index (κ3) is 4.73. The highest BCUT2D eigenvalue weighted by Gasteiger charge is 2.15. The maximum absolute atomic E-state index is 11.9. The monoisotopic (exact) mass is 452 g/mol. The second kappa shape index (κ2) is 8.02. The number of hydrogen-bond donors (Lipinski definition) is 1. The maximum atomic E-state index is 11.9. The minimum Gasteiger partial charge on any atom is -0.481 e. The Morgan fingerprint density at radius 1 is 1.21 bits per heavy atom. The van der Waals surface area contributed by atoms with Crippen LogP contribution in [0.25, 0.3) is 0 Å². The number of nitro benzene ring substituents is 1. The molecule has 0 fully saturated rings. The summed E-state index contributed by atoms with van der Waals surface area (Å²) in [4.78, 5) is 22.1. The van der Waals surface area contributed by atoms with E-state index in [1.807, 2.05) is 0 Å². The number of nitrogens with zero attached hydrogens (tertiary/aromatic N) is 1. The van der Waals surface area contributed by atoms with Crippen LogP contribution in [-0.4, -0.2) is 17.4 Å². The molecule has 0 aliphatic heterocycles. The summed E-state index contributed by atoms with van der Waals surface area (Å²) in [6.45, 7) is -0.351. The number of anilines is 1. The minimum atomic E-state index is -0.640. The lowest BCUT2D eigenvalue weighted by atomic mass is 10.3. The van der Waals surface area contributed by atoms with Crippen LogP contribution >= 0.6 is 50.7 Å². The van der Waals surface area contributed by atoms with Crippen molar-refractivity contribution in [3.63, 3.8) is 0 Å². The average molecular weight is 454 g/mol. The van der Waals surface area contributed by atoms with Crippen LogP contribution in [0.3, 0.4) is 0 Å². The quantitative estimate of drug-likeness (QED) is 0.489. The fraction of sp³-hybridized carbons (Fsp3) is 0.0714. The van der Waals surface area contributed by atoms with Gasteiger partial charge in [0.15, 0.2) is 12.4 Å². The smallest absolute Gasteiger partial charge is 0.289 e. The molecule has 1 amide bonds. The standard InChI is InChI=1S/C14H8BrCl3N2O4/c15-9-3-7(16)4-11(18)14(9)24-6-13(21)19-8-1-2-10(17)12(5-8)20(22)23/h1-5H,6H2,(H,19,21). The lowest BCUT2D eigenvalue weighted by molar-refractivity contribution is -0.384. The first-order chi connectivity index (χ1) is 11.3. The number of hydrogen-bond acceptors (Lipinski definition) is 4. The number of ether oxygens (including phenoxy) is 1. The lowest BCUT2D eigenvalue weighted by Gasteiger charge is -2.11. The fourth-order valence-corrected chi connectivity index (χ4v) is 3.29. The molecule has 0 aliphatic rings. The van der Waals surface area contributed by atoms with E-state index in [2.05, 4.69) is 21.2 Å². The maximum Gasteiger partial charge on any atom is 0.289 e. The van der Waals surface area contributed by atoms with Crippen LogP contribution in [-0.2, 0) is 4.79 Å². The van der Waals surface area contributed by atoms with E-state index in [-0.39, 0.29) is 33.8 Å². The van der Waals surface area contributed by atoms with Crippen molar-refractivity contribution in [2.24, 2.45) is 0 Å². The molecule has 2 aromatic carbocycles. The molecule has 10 heteroatoms. The van der Waals surface area contributed by atoms with Gasteiger partial charge < -0.3 is 10.1 Å². The van der Waals surface area contributed by atoms with Gasteiger partial charge in [0.05, 0.1) is 14.4 Å². The fourth-order valence-electron chi connectivity index (χ4n) is 1.73. The van der Waals surface area contributed by atoms with Crippen LogP contribution in [0.1, 0.15) is 0 Å². The highest BCUT2D eigenvalue weighted by Crippen LogP contribution is 2.36. The summed E-state index contributed by atoms with van der Waals surface area (Å²) in [5.74, 6) is -0.261. The summed E-state index contributed by atoms with van der Waals surface area (Å²) in [6, 6.07) is 6.97. The molecule has 0 saturated heterocycles. The topological polar surface area (TPSA) is 81.5 Å². The van der Waals surface area contributed by atoms with E-state index in [1.54, 1.807) is 6.07 Å². The molecule has 0 atom stereocenters. The van der Waals surface area contributed by atoms with E-state index in [4.69, 9.17) is 39.5 Å². The van der Waals surface area contributed by atoms with Crippen molar-refractivity contribution >= 4 is 68.0 Å². The molecule has 0 heterocycles. The summed E-state index contributed by atoms with van der Waals surface area (Å²) in [6.07, 6.45) is 0. The van der Waals surface area contributed by atoms with E-state index in [1.165, 1.54) is 18.2 Å². The zero-order valence-corrected chi connectivity index (χ0v) is 15.5. The van der Waals surface area contributed by atoms with Crippen LogP contribution in [0.2, 0.25) is 15.1 Å². The van der Waals surface area contributed by atoms with Gasteiger partial charge in [0.2, 0.25) is 0 Å². The van der Waals surface area contributed by atoms with E-state index >= 15 is 0 Å². The molecule has 0 spiro atoms. The molecule has 0 aliphatic carbocycles. The largest absolute Gasteiger partial charge is 0.481 e. The molecule has 0 unspecified atom stereocenters. The molecule has 24 heavy (non-hydrogen) atoms. The number of nitrogens with one attached hydrogen (secondary N) is 1. The van der Waals surface area contributed by atoms with Gasteiger partial charge in [0.25, 0.3) is 11.6 Å². The van der Waals surface area contributed by atoms with Crippen LogP contribution in [0, 0.1) is 10.1 Å². The van der Waals surface area contributed by atoms with E-state index in [0.29, 0.717) is 9.50 Å². The van der Waals surface area contributed by atoms with Gasteiger partial charge in [0, 0.05) is 16.8 Å². The van der Waals surface area contributed by atoms with E-state index in [0.717, 1.165) is 6.07 Å². The van der Waals surface area contributed by atoms with Gasteiger partial charge in [-0.1, -0.05) is 34.8 Å². The Bertz CT molecular complexity index is 794. The third-order valence-corrected chi connectivity index (χ3v) is 4.14. The van der Waals surface area contributed by atoms with Gasteiger partial charge in [-0.3, -0.25) is 14.9 Å². The van der Waals surface area contributed by atoms with Crippen LogP contribution < -0.4 is 10.1 Å². The molecular formula is C14H8BrCl3N2O4. The molecule has 6 nitrogen and oxygen atoms in total. The molecule has 2 aromatic rings. The Balaban J connectivity index is 2.04. The van der Waals surface area contributed by atoms with Crippen LogP contribution in [0.4, 0.5) is 11.4 Å². The van der Waals surface area contributed by atoms with Crippen LogP contribution in [0.15, 0.2) is 34.8 Å². The number of amides is 1. The van der Waals surface area contributed by atoms with Crippen molar-refractivity contribution in [3.8, 4) is 5.75 Å². The van der Waals surface area contributed by atoms with Gasteiger partial charge in [-0.2, -0.15) is 0 Å². The molecule has 0 bridgehead atoms. The number of carbonyl (C=O) groups excluding carboxylic acids is 1. The van der Waals surface area contributed by atoms with Crippen molar-refractivity contribution in [1.29, 1.82) is 0 Å². The normalized spacial score (nSPS) is 10.3. The van der Waals surface area contributed by atoms with Crippen molar-refractivity contribution in [1.82, 2.24) is 0 Å². The van der Waals surface area contributed by atoms with Crippen molar-refractivity contribution < 1.29 is 14.5 Å². The van der Waals surface area contributed by atoms with Crippen molar-refractivity contribution in [2.75, 3.05) is 11.9 Å². The molecule has 2 rings (SSSR count). The second-order valence-corrected chi connectivity index (χ2v) is 6.56. The highest BCUT2D eigenvalue weighted by atomic mass is 79.9. The lowest BCUT2D eigenvalue weighted by Crippen LogP contribution is -2.20. The van der Waals surface area contributed by atoms with Gasteiger partial charge >= 0.3 is 0 Å². The highest BCUT2D eigenvalue weighted by molar-refractivity contribution is 9.10. The predicted octanol–water partition coefficient (Wildman–Crippen LogP) is 5.34. The van der Waals surface area contributed by atoms with Crippen molar-refractivity contribution in [3.05, 3.63) is 60.0 Å². The van der Waals surface area contributed by atoms with Crippen LogP contribution in [0.5, 0.6) is 5.75 Å². The molecule has 0 saturated carbocycles. The molecule has 1 N–H and O–H groups in total. The summed E-state index contributed by atoms with van der Waals surface area (Å²) >= 11 is 20.8. The Morgan fingerprint density at radius 3 is 2.54 bits per heavy atom. The summed E-state index contributed by atoms with van der Waals surface area (Å²) in [5.41, 5.74) is -0.0835. The van der Waals surface area contributed by atoms with Gasteiger partial charge in [-0.25, -0.2) is 0 Å². The summed E-state index contributed by atoms with van der Waals surface area (Å²) < 4.78 is 5.84.